The van der Waals surface area contributed by atoms with Gasteiger partial charge in [-0.1, -0.05) is 42.5 Å². The first-order chi connectivity index (χ1) is 14.2. The molecule has 0 aliphatic rings. The van der Waals surface area contributed by atoms with Crippen molar-refractivity contribution in [2.75, 3.05) is 25.5 Å². The lowest BCUT2D eigenvalue weighted by Crippen LogP contribution is -2.31. The zero-order valence-corrected chi connectivity index (χ0v) is 17.0. The van der Waals surface area contributed by atoms with E-state index in [0.717, 1.165) is 30.0 Å². The maximum Gasteiger partial charge on any atom is 0.272 e. The number of nitrogens with one attached hydrogen (secondary N) is 1. The second-order valence-electron chi connectivity index (χ2n) is 6.76. The summed E-state index contributed by atoms with van der Waals surface area (Å²) in [5, 5.41) is 3.38. The average Bonchev–Trinajstić information content (AvgIpc) is 2.78. The average molecular weight is 389 g/mol. The summed E-state index contributed by atoms with van der Waals surface area (Å²) in [6, 6.07) is 21.8. The van der Waals surface area contributed by atoms with Crippen LogP contribution in [-0.2, 0) is 13.0 Å². The number of benzene rings is 2. The van der Waals surface area contributed by atoms with Crippen molar-refractivity contribution in [3.63, 3.8) is 0 Å². The quantitative estimate of drug-likeness (QED) is 0.589. The van der Waals surface area contributed by atoms with Gasteiger partial charge >= 0.3 is 0 Å². The number of nitrogens with zero attached hydrogens (tertiary/aromatic N) is 2. The predicted molar refractivity (Wildman–Crippen MR) is 116 cm³/mol. The zero-order chi connectivity index (χ0) is 20.5. The fourth-order valence-electron chi connectivity index (χ4n) is 3.09. The number of carbonyl (C=O) groups is 1. The van der Waals surface area contributed by atoms with Crippen LogP contribution in [0.4, 0.5) is 5.69 Å². The van der Waals surface area contributed by atoms with Crippen molar-refractivity contribution in [3.05, 3.63) is 89.7 Å². The molecule has 1 heterocycles. The lowest BCUT2D eigenvalue weighted by Gasteiger charge is -2.21. The monoisotopic (exact) mass is 389 g/mol. The Balaban J connectivity index is 1.59. The number of pyridine rings is 1. The molecule has 0 aliphatic carbocycles. The number of anilines is 1. The van der Waals surface area contributed by atoms with Gasteiger partial charge in [0.05, 0.1) is 7.11 Å². The third-order valence-electron chi connectivity index (χ3n) is 4.77. The number of ether oxygens (including phenoxy) is 1. The minimum atomic E-state index is -0.0600. The molecule has 3 aromatic rings. The first-order valence-corrected chi connectivity index (χ1v) is 9.85. The molecule has 1 aromatic heterocycles. The number of hydrogen-bond donors (Lipinski definition) is 1. The van der Waals surface area contributed by atoms with Gasteiger partial charge in [0.15, 0.2) is 0 Å². The van der Waals surface area contributed by atoms with Crippen LogP contribution in [0.1, 0.15) is 28.5 Å². The van der Waals surface area contributed by atoms with E-state index < -0.39 is 0 Å². The highest BCUT2D eigenvalue weighted by Gasteiger charge is 2.16. The molecule has 2 aromatic carbocycles. The zero-order valence-electron chi connectivity index (χ0n) is 17.0. The Morgan fingerprint density at radius 3 is 2.48 bits per heavy atom. The molecular formula is C24H27N3O2. The lowest BCUT2D eigenvalue weighted by molar-refractivity contribution is 0.0746. The highest BCUT2D eigenvalue weighted by Crippen LogP contribution is 2.14. The molecule has 1 N–H and O–H groups in total. The maximum absolute atomic E-state index is 12.9. The Hall–Kier alpha value is -3.34. The molecule has 0 unspecified atom stereocenters. The number of carbonyl (C=O) groups excluding carboxylic acids is 1. The molecule has 0 aliphatic heterocycles. The predicted octanol–water partition coefficient (Wildman–Crippen LogP) is 4.41. The van der Waals surface area contributed by atoms with E-state index in [1.807, 2.05) is 61.5 Å². The van der Waals surface area contributed by atoms with Crippen molar-refractivity contribution in [1.82, 2.24) is 9.88 Å². The molecule has 0 saturated carbocycles. The summed E-state index contributed by atoms with van der Waals surface area (Å²) in [6.45, 7) is 3.96. The van der Waals surface area contributed by atoms with Gasteiger partial charge < -0.3 is 15.0 Å². The Bertz CT molecular complexity index is 911. The first-order valence-electron chi connectivity index (χ1n) is 9.85. The molecule has 29 heavy (non-hydrogen) atoms. The highest BCUT2D eigenvalue weighted by molar-refractivity contribution is 5.93. The van der Waals surface area contributed by atoms with Crippen molar-refractivity contribution in [2.45, 2.75) is 19.9 Å². The van der Waals surface area contributed by atoms with Crippen molar-refractivity contribution in [3.8, 4) is 5.75 Å². The Labute approximate surface area is 172 Å². The van der Waals surface area contributed by atoms with Gasteiger partial charge in [-0.25, -0.2) is 0 Å². The number of rotatable bonds is 9. The lowest BCUT2D eigenvalue weighted by atomic mass is 10.1. The smallest absolute Gasteiger partial charge is 0.272 e. The van der Waals surface area contributed by atoms with E-state index in [9.17, 15) is 4.79 Å². The summed E-state index contributed by atoms with van der Waals surface area (Å²) in [4.78, 5) is 19.0. The third-order valence-corrected chi connectivity index (χ3v) is 4.77. The number of amides is 1. The van der Waals surface area contributed by atoms with E-state index in [2.05, 4.69) is 22.4 Å². The fraction of sp³-hybridized carbons (Fsp3) is 0.250. The third kappa shape index (κ3) is 5.82. The molecule has 0 atom stereocenters. The number of aromatic nitrogens is 1. The molecule has 5 nitrogen and oxygen atoms in total. The van der Waals surface area contributed by atoms with Gasteiger partial charge in [0.2, 0.25) is 0 Å². The van der Waals surface area contributed by atoms with Crippen LogP contribution in [0.5, 0.6) is 5.75 Å². The second-order valence-corrected chi connectivity index (χ2v) is 6.76. The number of hydrogen-bond acceptors (Lipinski definition) is 4. The van der Waals surface area contributed by atoms with Crippen LogP contribution in [-0.4, -0.2) is 36.0 Å². The summed E-state index contributed by atoms with van der Waals surface area (Å²) in [5.41, 5.74) is 3.69. The molecule has 1 amide bonds. The van der Waals surface area contributed by atoms with Crippen LogP contribution in [0.25, 0.3) is 0 Å². The van der Waals surface area contributed by atoms with Crippen LogP contribution in [0.15, 0.2) is 72.9 Å². The Morgan fingerprint density at radius 2 is 1.79 bits per heavy atom. The molecule has 150 valence electrons. The van der Waals surface area contributed by atoms with E-state index >= 15 is 0 Å². The Morgan fingerprint density at radius 1 is 1.03 bits per heavy atom. The number of methoxy groups -OCH3 is 1. The molecule has 3 rings (SSSR count). The fourth-order valence-corrected chi connectivity index (χ4v) is 3.09. The van der Waals surface area contributed by atoms with E-state index in [1.54, 1.807) is 18.2 Å². The van der Waals surface area contributed by atoms with E-state index in [0.29, 0.717) is 18.8 Å². The standard InChI is InChI=1S/C24H27N3O2/c1-3-27(18-20-7-5-4-6-8-20)24(28)23-17-21(14-16-26-23)25-15-13-19-9-11-22(29-2)12-10-19/h4-12,14,16-17H,3,13,15,18H2,1-2H3,(H,25,26). The minimum absolute atomic E-state index is 0.0600. The summed E-state index contributed by atoms with van der Waals surface area (Å²) in [6.07, 6.45) is 2.56. The molecule has 5 heteroatoms. The summed E-state index contributed by atoms with van der Waals surface area (Å²) < 4.78 is 5.19. The van der Waals surface area contributed by atoms with E-state index in [1.165, 1.54) is 5.56 Å². The van der Waals surface area contributed by atoms with Crippen molar-refractivity contribution >= 4 is 11.6 Å². The van der Waals surface area contributed by atoms with Gasteiger partial charge in [-0.3, -0.25) is 9.78 Å². The molecule has 0 spiro atoms. The maximum atomic E-state index is 12.9. The topological polar surface area (TPSA) is 54.5 Å². The molecule has 0 fully saturated rings. The first kappa shape index (κ1) is 20.4. The van der Waals surface area contributed by atoms with Gasteiger partial charge in [-0.2, -0.15) is 0 Å². The van der Waals surface area contributed by atoms with Gasteiger partial charge in [-0.05, 0) is 48.7 Å². The van der Waals surface area contributed by atoms with E-state index in [4.69, 9.17) is 4.74 Å². The molecular weight excluding hydrogens is 362 g/mol. The van der Waals surface area contributed by atoms with Gasteiger partial charge in [0.25, 0.3) is 5.91 Å². The van der Waals surface area contributed by atoms with Crippen LogP contribution in [0.3, 0.4) is 0 Å². The van der Waals surface area contributed by atoms with Crippen LogP contribution >= 0.6 is 0 Å². The Kier molecular flexibility index (Phi) is 7.22. The largest absolute Gasteiger partial charge is 0.497 e. The minimum Gasteiger partial charge on any atom is -0.497 e. The normalized spacial score (nSPS) is 10.4. The van der Waals surface area contributed by atoms with Crippen molar-refractivity contribution in [2.24, 2.45) is 0 Å². The van der Waals surface area contributed by atoms with Gasteiger partial charge in [0, 0.05) is 31.5 Å². The van der Waals surface area contributed by atoms with Gasteiger partial charge in [0.1, 0.15) is 11.4 Å². The highest BCUT2D eigenvalue weighted by atomic mass is 16.5. The second kappa shape index (κ2) is 10.3. The van der Waals surface area contributed by atoms with Crippen LogP contribution in [0, 0.1) is 0 Å². The molecule has 0 radical (unpaired) electrons. The van der Waals surface area contributed by atoms with Gasteiger partial charge in [-0.15, -0.1) is 0 Å². The van der Waals surface area contributed by atoms with Crippen LogP contribution < -0.4 is 10.1 Å². The molecule has 0 saturated heterocycles. The summed E-state index contributed by atoms with van der Waals surface area (Å²) in [5.74, 6) is 0.796. The molecule has 0 bridgehead atoms. The van der Waals surface area contributed by atoms with Crippen LogP contribution in [0.2, 0.25) is 0 Å². The van der Waals surface area contributed by atoms with Crippen molar-refractivity contribution in [1.29, 1.82) is 0 Å². The SMILES string of the molecule is CCN(Cc1ccccc1)C(=O)c1cc(NCCc2ccc(OC)cc2)ccn1. The van der Waals surface area contributed by atoms with E-state index in [-0.39, 0.29) is 5.91 Å². The van der Waals surface area contributed by atoms with Crippen molar-refractivity contribution < 1.29 is 9.53 Å². The summed E-state index contributed by atoms with van der Waals surface area (Å²) >= 11 is 0. The summed E-state index contributed by atoms with van der Waals surface area (Å²) in [7, 11) is 1.67.